The van der Waals surface area contributed by atoms with E-state index in [2.05, 4.69) is 105 Å². The summed E-state index contributed by atoms with van der Waals surface area (Å²) in [6.45, 7) is 12.6. The van der Waals surface area contributed by atoms with Crippen molar-refractivity contribution in [2.75, 3.05) is 6.54 Å². The van der Waals surface area contributed by atoms with Gasteiger partial charge in [-0.3, -0.25) is 0 Å². The van der Waals surface area contributed by atoms with Crippen molar-refractivity contribution in [1.82, 2.24) is 10.6 Å². The van der Waals surface area contributed by atoms with Crippen LogP contribution in [0.4, 0.5) is 0 Å². The highest BCUT2D eigenvalue weighted by Crippen LogP contribution is 2.24. The highest BCUT2D eigenvalue weighted by molar-refractivity contribution is 5.31. The Labute approximate surface area is 176 Å². The Balaban J connectivity index is 1.80. The predicted molar refractivity (Wildman–Crippen MR) is 125 cm³/mol. The van der Waals surface area contributed by atoms with E-state index in [9.17, 15) is 0 Å². The van der Waals surface area contributed by atoms with Crippen LogP contribution in [0.1, 0.15) is 49.4 Å². The van der Waals surface area contributed by atoms with Crippen LogP contribution in [-0.4, -0.2) is 12.6 Å². The molecule has 1 aliphatic carbocycles. The minimum absolute atomic E-state index is 0.150. The molecule has 152 valence electrons. The van der Waals surface area contributed by atoms with Crippen LogP contribution in [0.2, 0.25) is 0 Å². The molecule has 0 saturated carbocycles. The van der Waals surface area contributed by atoms with Crippen LogP contribution in [0, 0.1) is 6.92 Å². The quantitative estimate of drug-likeness (QED) is 0.514. The normalized spacial score (nSPS) is 16.0. The fraction of sp³-hybridized carbons (Fsp3) is 0.333. The minimum Gasteiger partial charge on any atom is -0.305 e. The molecular formula is C27H34N2. The molecule has 0 spiro atoms. The Morgan fingerprint density at radius 1 is 0.966 bits per heavy atom. The van der Waals surface area contributed by atoms with E-state index >= 15 is 0 Å². The third kappa shape index (κ3) is 5.79. The second-order valence-corrected chi connectivity index (χ2v) is 8.15. The zero-order chi connectivity index (χ0) is 20.6. The number of aryl methyl sites for hydroxylation is 1. The number of allylic oxidation sites excluding steroid dienone is 2. The first kappa shape index (κ1) is 21.3. The fourth-order valence-corrected chi connectivity index (χ4v) is 3.95. The molecule has 2 heteroatoms. The van der Waals surface area contributed by atoms with Gasteiger partial charge in [-0.15, -0.1) is 0 Å². The van der Waals surface area contributed by atoms with E-state index in [0.29, 0.717) is 0 Å². The van der Waals surface area contributed by atoms with Crippen LogP contribution in [0.25, 0.3) is 0 Å². The first-order chi connectivity index (χ1) is 14.1. The summed E-state index contributed by atoms with van der Waals surface area (Å²) in [7, 11) is 0. The van der Waals surface area contributed by atoms with E-state index < -0.39 is 0 Å². The smallest absolute Gasteiger partial charge is 0.0517 e. The number of nitrogens with one attached hydrogen (secondary N) is 2. The molecule has 0 unspecified atom stereocenters. The third-order valence-corrected chi connectivity index (χ3v) is 5.86. The Morgan fingerprint density at radius 3 is 2.38 bits per heavy atom. The van der Waals surface area contributed by atoms with E-state index in [4.69, 9.17) is 0 Å². The van der Waals surface area contributed by atoms with Gasteiger partial charge < -0.3 is 10.6 Å². The maximum atomic E-state index is 4.32. The van der Waals surface area contributed by atoms with E-state index in [1.54, 1.807) is 0 Å². The molecule has 2 N–H and O–H groups in total. The zero-order valence-corrected chi connectivity index (χ0v) is 18.0. The summed E-state index contributed by atoms with van der Waals surface area (Å²) in [6, 6.07) is 19.6. The SMILES string of the molecule is C=C(C)[C@H](NCC1=C(C)CCC=C1)[C@@H](NCc1ccccc1C)c1ccccc1. The summed E-state index contributed by atoms with van der Waals surface area (Å²) >= 11 is 0. The van der Waals surface area contributed by atoms with Gasteiger partial charge in [-0.25, -0.2) is 0 Å². The van der Waals surface area contributed by atoms with Gasteiger partial charge in [0.1, 0.15) is 0 Å². The van der Waals surface area contributed by atoms with Crippen LogP contribution < -0.4 is 10.6 Å². The highest BCUT2D eigenvalue weighted by Gasteiger charge is 2.24. The van der Waals surface area contributed by atoms with Gasteiger partial charge in [0.2, 0.25) is 0 Å². The van der Waals surface area contributed by atoms with Gasteiger partial charge in [0.25, 0.3) is 0 Å². The second-order valence-electron chi connectivity index (χ2n) is 8.15. The maximum absolute atomic E-state index is 4.32. The lowest BCUT2D eigenvalue weighted by Gasteiger charge is -2.31. The minimum atomic E-state index is 0.150. The van der Waals surface area contributed by atoms with Crippen molar-refractivity contribution in [3.05, 3.63) is 107 Å². The van der Waals surface area contributed by atoms with Gasteiger partial charge in [-0.2, -0.15) is 0 Å². The molecule has 0 radical (unpaired) electrons. The summed E-state index contributed by atoms with van der Waals surface area (Å²) in [6.07, 6.45) is 6.88. The molecule has 29 heavy (non-hydrogen) atoms. The molecule has 1 aliphatic rings. The Hall–Kier alpha value is -2.42. The first-order valence-corrected chi connectivity index (χ1v) is 10.6. The number of hydrogen-bond acceptors (Lipinski definition) is 2. The third-order valence-electron chi connectivity index (χ3n) is 5.86. The maximum Gasteiger partial charge on any atom is 0.0517 e. The molecule has 2 nitrogen and oxygen atoms in total. The number of benzene rings is 2. The van der Waals surface area contributed by atoms with E-state index in [1.807, 2.05) is 0 Å². The average molecular weight is 387 g/mol. The van der Waals surface area contributed by atoms with E-state index in [0.717, 1.165) is 25.1 Å². The van der Waals surface area contributed by atoms with Crippen molar-refractivity contribution >= 4 is 0 Å². The fourth-order valence-electron chi connectivity index (χ4n) is 3.95. The molecule has 0 aliphatic heterocycles. The van der Waals surface area contributed by atoms with Crippen LogP contribution in [0.15, 0.2) is 90.0 Å². The largest absolute Gasteiger partial charge is 0.305 e. The Morgan fingerprint density at radius 2 is 1.69 bits per heavy atom. The number of rotatable bonds is 9. The average Bonchev–Trinajstić information content (AvgIpc) is 2.73. The summed E-state index contributed by atoms with van der Waals surface area (Å²) in [5.74, 6) is 0. The van der Waals surface area contributed by atoms with Gasteiger partial charge in [-0.05, 0) is 55.9 Å². The summed E-state index contributed by atoms with van der Waals surface area (Å²) in [5, 5.41) is 7.61. The molecule has 3 rings (SSSR count). The zero-order valence-electron chi connectivity index (χ0n) is 18.0. The molecule has 0 amide bonds. The van der Waals surface area contributed by atoms with Crippen molar-refractivity contribution < 1.29 is 0 Å². The lowest BCUT2D eigenvalue weighted by molar-refractivity contribution is 0.420. The lowest BCUT2D eigenvalue weighted by atomic mass is 9.93. The van der Waals surface area contributed by atoms with Gasteiger partial charge in [0.15, 0.2) is 0 Å². The second kappa shape index (κ2) is 10.4. The van der Waals surface area contributed by atoms with Crippen molar-refractivity contribution in [1.29, 1.82) is 0 Å². The molecule has 2 aromatic carbocycles. The number of hydrogen-bond donors (Lipinski definition) is 2. The Bertz CT molecular complexity index is 876. The van der Waals surface area contributed by atoms with Crippen LogP contribution in [-0.2, 0) is 6.54 Å². The van der Waals surface area contributed by atoms with Crippen molar-refractivity contribution in [2.45, 2.75) is 52.2 Å². The molecule has 0 aromatic heterocycles. The first-order valence-electron chi connectivity index (χ1n) is 10.6. The van der Waals surface area contributed by atoms with Gasteiger partial charge >= 0.3 is 0 Å². The van der Waals surface area contributed by atoms with Crippen LogP contribution in [0.5, 0.6) is 0 Å². The molecule has 0 bridgehead atoms. The van der Waals surface area contributed by atoms with Crippen LogP contribution in [0.3, 0.4) is 0 Å². The van der Waals surface area contributed by atoms with Crippen molar-refractivity contribution in [2.24, 2.45) is 0 Å². The molecule has 0 heterocycles. The molecule has 2 atom stereocenters. The van der Waals surface area contributed by atoms with Crippen LogP contribution >= 0.6 is 0 Å². The van der Waals surface area contributed by atoms with Crippen molar-refractivity contribution in [3.63, 3.8) is 0 Å². The summed E-state index contributed by atoms with van der Waals surface area (Å²) < 4.78 is 0. The molecule has 2 aromatic rings. The molecule has 0 saturated heterocycles. The van der Waals surface area contributed by atoms with E-state index in [-0.39, 0.29) is 12.1 Å². The van der Waals surface area contributed by atoms with E-state index in [1.165, 1.54) is 34.3 Å². The molecule has 0 fully saturated rings. The van der Waals surface area contributed by atoms with Gasteiger partial charge in [0.05, 0.1) is 6.04 Å². The highest BCUT2D eigenvalue weighted by atomic mass is 15.0. The Kier molecular flexibility index (Phi) is 7.62. The van der Waals surface area contributed by atoms with Crippen molar-refractivity contribution in [3.8, 4) is 0 Å². The predicted octanol–water partition coefficient (Wildman–Crippen LogP) is 6.03. The standard InChI is InChI=1S/C27H34N2/c1-20(2)26(28-18-24-16-10-8-12-21(24)3)27(23-14-6-5-7-15-23)29-19-25-17-11-9-13-22(25)4/h5-7,9-11,13-17,26-29H,1,8,12,18-19H2,2-4H3/t26-,27-/m0/s1. The lowest BCUT2D eigenvalue weighted by Crippen LogP contribution is -2.43. The summed E-state index contributed by atoms with van der Waals surface area (Å²) in [5.41, 5.74) is 7.99. The van der Waals surface area contributed by atoms with Gasteiger partial charge in [0, 0.05) is 19.1 Å². The summed E-state index contributed by atoms with van der Waals surface area (Å²) in [4.78, 5) is 0. The topological polar surface area (TPSA) is 24.1 Å². The monoisotopic (exact) mass is 386 g/mol. The molecular weight excluding hydrogens is 352 g/mol. The van der Waals surface area contributed by atoms with Gasteiger partial charge in [-0.1, -0.05) is 84.5 Å².